The lowest BCUT2D eigenvalue weighted by molar-refractivity contribution is -0.133. The van der Waals surface area contributed by atoms with Crippen molar-refractivity contribution in [1.29, 1.82) is 0 Å². The van der Waals surface area contributed by atoms with E-state index in [-0.39, 0.29) is 11.6 Å². The summed E-state index contributed by atoms with van der Waals surface area (Å²) in [6, 6.07) is 4.67. The number of carboxylic acid groups (broad SMARTS) is 1. The van der Waals surface area contributed by atoms with Crippen LogP contribution in [0.2, 0.25) is 0 Å². The van der Waals surface area contributed by atoms with E-state index in [1.165, 1.54) is 6.07 Å². The van der Waals surface area contributed by atoms with Crippen LogP contribution in [-0.2, 0) is 11.3 Å². The van der Waals surface area contributed by atoms with Crippen LogP contribution in [0, 0.1) is 5.82 Å². The summed E-state index contributed by atoms with van der Waals surface area (Å²) in [5, 5.41) is 17.2. The number of hydrogen-bond donors (Lipinski definition) is 1. The van der Waals surface area contributed by atoms with E-state index in [9.17, 15) is 9.18 Å². The van der Waals surface area contributed by atoms with Crippen LogP contribution < -0.4 is 0 Å². The smallest absolute Gasteiger partial charge is 0.313 e. The Balaban J connectivity index is 2.42. The number of aliphatic carboxylic acids is 1. The lowest BCUT2D eigenvalue weighted by Crippen LogP contribution is -2.03. The number of carbonyl (C=O) groups is 1. The van der Waals surface area contributed by atoms with Gasteiger partial charge in [-0.05, 0) is 35.0 Å². The molecule has 0 spiro atoms. The third kappa shape index (κ3) is 3.01. The zero-order chi connectivity index (χ0) is 14.7. The van der Waals surface area contributed by atoms with E-state index in [0.29, 0.717) is 27.6 Å². The van der Waals surface area contributed by atoms with Crippen LogP contribution in [0.3, 0.4) is 0 Å². The zero-order valence-electron chi connectivity index (χ0n) is 10.5. The number of thioether (sulfide) groups is 1. The van der Waals surface area contributed by atoms with Crippen LogP contribution in [0.5, 0.6) is 0 Å². The Bertz CT molecular complexity index is 648. The fourth-order valence-electron chi connectivity index (χ4n) is 1.68. The van der Waals surface area contributed by atoms with Crippen molar-refractivity contribution in [3.8, 4) is 11.4 Å². The standard InChI is InChI=1S/C12H11BrFN3O2S/c1-2-17-11(7-4-3-5-8(14)10(7)13)15-16-12(17)20-6-9(18)19/h3-5H,2,6H2,1H3,(H,18,19). The maximum absolute atomic E-state index is 13.6. The van der Waals surface area contributed by atoms with Crippen molar-refractivity contribution in [2.24, 2.45) is 0 Å². The summed E-state index contributed by atoms with van der Waals surface area (Å²) in [6.07, 6.45) is 0. The third-order valence-electron chi connectivity index (χ3n) is 2.55. The molecule has 0 radical (unpaired) electrons. The lowest BCUT2D eigenvalue weighted by Gasteiger charge is -2.08. The van der Waals surface area contributed by atoms with Gasteiger partial charge < -0.3 is 9.67 Å². The number of nitrogens with zero attached hydrogens (tertiary/aromatic N) is 3. The van der Waals surface area contributed by atoms with Crippen LogP contribution in [0.25, 0.3) is 11.4 Å². The first-order chi connectivity index (χ1) is 9.54. The molecule has 0 aliphatic heterocycles. The molecule has 0 saturated carbocycles. The van der Waals surface area contributed by atoms with Crippen molar-refractivity contribution in [2.45, 2.75) is 18.6 Å². The predicted octanol–water partition coefficient (Wildman–Crippen LogP) is 3.04. The van der Waals surface area contributed by atoms with Gasteiger partial charge in [0.25, 0.3) is 0 Å². The van der Waals surface area contributed by atoms with Gasteiger partial charge in [0, 0.05) is 12.1 Å². The van der Waals surface area contributed by atoms with E-state index in [2.05, 4.69) is 26.1 Å². The van der Waals surface area contributed by atoms with Crippen molar-refractivity contribution in [1.82, 2.24) is 14.8 Å². The van der Waals surface area contributed by atoms with Gasteiger partial charge >= 0.3 is 5.97 Å². The van der Waals surface area contributed by atoms with E-state index >= 15 is 0 Å². The minimum Gasteiger partial charge on any atom is -0.481 e. The van der Waals surface area contributed by atoms with Gasteiger partial charge in [0.1, 0.15) is 5.82 Å². The fraction of sp³-hybridized carbons (Fsp3) is 0.250. The molecule has 0 atom stereocenters. The first-order valence-corrected chi connectivity index (χ1v) is 7.54. The molecule has 0 saturated heterocycles. The molecular weight excluding hydrogens is 349 g/mol. The normalized spacial score (nSPS) is 10.8. The minimum absolute atomic E-state index is 0.0948. The second-order valence-electron chi connectivity index (χ2n) is 3.83. The van der Waals surface area contributed by atoms with Crippen molar-refractivity contribution in [2.75, 3.05) is 5.75 Å². The van der Waals surface area contributed by atoms with E-state index in [1.807, 2.05) is 6.92 Å². The number of hydrogen-bond acceptors (Lipinski definition) is 4. The van der Waals surface area contributed by atoms with Gasteiger partial charge in [-0.15, -0.1) is 10.2 Å². The Labute approximate surface area is 127 Å². The highest BCUT2D eigenvalue weighted by atomic mass is 79.9. The van der Waals surface area contributed by atoms with Crippen molar-refractivity contribution in [3.63, 3.8) is 0 Å². The molecule has 5 nitrogen and oxygen atoms in total. The summed E-state index contributed by atoms with van der Waals surface area (Å²) in [5.41, 5.74) is 0.585. The van der Waals surface area contributed by atoms with E-state index in [4.69, 9.17) is 5.11 Å². The summed E-state index contributed by atoms with van der Waals surface area (Å²) >= 11 is 4.28. The molecule has 1 N–H and O–H groups in total. The molecule has 2 aromatic rings. The van der Waals surface area contributed by atoms with Gasteiger partial charge in [0.15, 0.2) is 11.0 Å². The number of rotatable bonds is 5. The monoisotopic (exact) mass is 359 g/mol. The van der Waals surface area contributed by atoms with Crippen LogP contribution in [-0.4, -0.2) is 31.6 Å². The Morgan fingerprint density at radius 1 is 1.50 bits per heavy atom. The van der Waals surface area contributed by atoms with E-state index < -0.39 is 5.97 Å². The Morgan fingerprint density at radius 3 is 2.90 bits per heavy atom. The topological polar surface area (TPSA) is 68.0 Å². The number of halogens is 2. The van der Waals surface area contributed by atoms with Gasteiger partial charge in [-0.2, -0.15) is 0 Å². The number of aromatic nitrogens is 3. The molecule has 1 aromatic carbocycles. The van der Waals surface area contributed by atoms with Gasteiger partial charge in [-0.3, -0.25) is 4.79 Å². The Kier molecular flexibility index (Phi) is 4.77. The molecular formula is C12H11BrFN3O2S. The Hall–Kier alpha value is -1.41. The number of benzene rings is 1. The molecule has 0 amide bonds. The van der Waals surface area contributed by atoms with Crippen molar-refractivity contribution < 1.29 is 14.3 Å². The summed E-state index contributed by atoms with van der Waals surface area (Å²) in [6.45, 7) is 2.46. The molecule has 0 aliphatic carbocycles. The largest absolute Gasteiger partial charge is 0.481 e. The maximum atomic E-state index is 13.6. The lowest BCUT2D eigenvalue weighted by atomic mass is 10.2. The van der Waals surface area contributed by atoms with Gasteiger partial charge in [0.05, 0.1) is 10.2 Å². The van der Waals surface area contributed by atoms with E-state index in [0.717, 1.165) is 11.8 Å². The fourth-order valence-corrected chi connectivity index (χ4v) is 2.85. The third-order valence-corrected chi connectivity index (χ3v) is 4.31. The molecule has 0 bridgehead atoms. The average Bonchev–Trinajstić information content (AvgIpc) is 2.82. The highest BCUT2D eigenvalue weighted by Crippen LogP contribution is 2.31. The van der Waals surface area contributed by atoms with Crippen molar-refractivity contribution in [3.05, 3.63) is 28.5 Å². The summed E-state index contributed by atoms with van der Waals surface area (Å²) in [4.78, 5) is 10.6. The highest BCUT2D eigenvalue weighted by Gasteiger charge is 2.17. The van der Waals surface area contributed by atoms with Crippen LogP contribution in [0.4, 0.5) is 4.39 Å². The average molecular weight is 360 g/mol. The quantitative estimate of drug-likeness (QED) is 0.831. The minimum atomic E-state index is -0.922. The SMILES string of the molecule is CCn1c(SCC(=O)O)nnc1-c1cccc(F)c1Br. The first kappa shape index (κ1) is 15.0. The Morgan fingerprint density at radius 2 is 2.25 bits per heavy atom. The first-order valence-electron chi connectivity index (χ1n) is 5.76. The molecule has 1 heterocycles. The van der Waals surface area contributed by atoms with Gasteiger partial charge in [-0.1, -0.05) is 17.8 Å². The number of carboxylic acids is 1. The molecule has 0 unspecified atom stereocenters. The van der Waals surface area contributed by atoms with Crippen LogP contribution in [0.1, 0.15) is 6.92 Å². The summed E-state index contributed by atoms with van der Waals surface area (Å²) < 4.78 is 15.6. The molecule has 8 heteroatoms. The molecule has 2 rings (SSSR count). The van der Waals surface area contributed by atoms with Gasteiger partial charge in [0.2, 0.25) is 0 Å². The molecule has 106 valence electrons. The van der Waals surface area contributed by atoms with Crippen LogP contribution >= 0.6 is 27.7 Å². The second kappa shape index (κ2) is 6.36. The zero-order valence-corrected chi connectivity index (χ0v) is 12.9. The van der Waals surface area contributed by atoms with Crippen LogP contribution in [0.15, 0.2) is 27.8 Å². The highest BCUT2D eigenvalue weighted by molar-refractivity contribution is 9.10. The van der Waals surface area contributed by atoms with Crippen molar-refractivity contribution >= 4 is 33.7 Å². The summed E-state index contributed by atoms with van der Waals surface area (Å²) in [5.74, 6) is -0.892. The second-order valence-corrected chi connectivity index (χ2v) is 5.57. The van der Waals surface area contributed by atoms with Gasteiger partial charge in [-0.25, -0.2) is 4.39 Å². The molecule has 0 fully saturated rings. The molecule has 0 aliphatic rings. The maximum Gasteiger partial charge on any atom is 0.313 e. The molecule has 20 heavy (non-hydrogen) atoms. The molecule has 1 aromatic heterocycles. The summed E-state index contributed by atoms with van der Waals surface area (Å²) in [7, 11) is 0. The van der Waals surface area contributed by atoms with E-state index in [1.54, 1.807) is 16.7 Å². The predicted molar refractivity (Wildman–Crippen MR) is 77.1 cm³/mol.